The summed E-state index contributed by atoms with van der Waals surface area (Å²) in [6.07, 6.45) is 0.598. The largest absolute Gasteiger partial charge is 0.377 e. The van der Waals surface area contributed by atoms with E-state index in [9.17, 15) is 18.8 Å². The van der Waals surface area contributed by atoms with Crippen LogP contribution in [0, 0.1) is 23.0 Å². The van der Waals surface area contributed by atoms with Gasteiger partial charge in [-0.2, -0.15) is 5.26 Å². The molecule has 3 rings (SSSR count). The first-order valence-corrected chi connectivity index (χ1v) is 7.98. The quantitative estimate of drug-likeness (QED) is 0.905. The minimum atomic E-state index is -0.479. The molecule has 0 saturated heterocycles. The van der Waals surface area contributed by atoms with E-state index in [4.69, 9.17) is 0 Å². The Kier molecular flexibility index (Phi) is 4.66. The van der Waals surface area contributed by atoms with Crippen molar-refractivity contribution in [2.75, 3.05) is 11.9 Å². The molecule has 4 nitrogen and oxygen atoms in total. The molecule has 1 aliphatic heterocycles. The van der Waals surface area contributed by atoms with Gasteiger partial charge < -0.3 is 10.2 Å². The van der Waals surface area contributed by atoms with Gasteiger partial charge in [0, 0.05) is 20.0 Å². The van der Waals surface area contributed by atoms with Crippen LogP contribution in [0.1, 0.15) is 36.1 Å². The molecule has 0 fully saturated rings. The summed E-state index contributed by atoms with van der Waals surface area (Å²) in [4.78, 5) is 13.4. The molecule has 6 heteroatoms. The van der Waals surface area contributed by atoms with E-state index in [0.717, 1.165) is 11.1 Å². The molecule has 1 amide bonds. The van der Waals surface area contributed by atoms with E-state index in [1.165, 1.54) is 37.3 Å². The molecule has 0 aliphatic carbocycles. The summed E-state index contributed by atoms with van der Waals surface area (Å²) >= 11 is 0. The first-order chi connectivity index (χ1) is 12.0. The lowest BCUT2D eigenvalue weighted by Crippen LogP contribution is -2.28. The number of benzene rings is 2. The van der Waals surface area contributed by atoms with Gasteiger partial charge in [-0.15, -0.1) is 0 Å². The van der Waals surface area contributed by atoms with Gasteiger partial charge in [-0.1, -0.05) is 6.07 Å². The highest BCUT2D eigenvalue weighted by molar-refractivity contribution is 5.73. The first kappa shape index (κ1) is 16.9. The Balaban J connectivity index is 1.97. The number of fused-ring (bicyclic) bond motifs is 1. The molecule has 128 valence electrons. The van der Waals surface area contributed by atoms with Crippen molar-refractivity contribution >= 4 is 11.6 Å². The van der Waals surface area contributed by atoms with Gasteiger partial charge in [0.05, 0.1) is 17.3 Å². The van der Waals surface area contributed by atoms with Crippen molar-refractivity contribution < 1.29 is 13.6 Å². The third-order valence-electron chi connectivity index (χ3n) is 4.41. The number of carbonyl (C=O) groups is 1. The molecule has 0 saturated carbocycles. The van der Waals surface area contributed by atoms with Crippen LogP contribution >= 0.6 is 0 Å². The molecule has 1 atom stereocenters. The minimum Gasteiger partial charge on any atom is -0.377 e. The van der Waals surface area contributed by atoms with Crippen LogP contribution in [-0.2, 0) is 11.3 Å². The molecule has 1 unspecified atom stereocenters. The third-order valence-corrected chi connectivity index (χ3v) is 4.41. The number of hydrogen-bond donors (Lipinski definition) is 1. The lowest BCUT2D eigenvalue weighted by atomic mass is 9.98. The predicted octanol–water partition coefficient (Wildman–Crippen LogP) is 3.74. The molecule has 0 bridgehead atoms. The van der Waals surface area contributed by atoms with E-state index < -0.39 is 5.82 Å². The highest BCUT2D eigenvalue weighted by Gasteiger charge is 2.24. The van der Waals surface area contributed by atoms with Crippen LogP contribution in [0.25, 0.3) is 0 Å². The number of nitrogens with zero attached hydrogens (tertiary/aromatic N) is 2. The van der Waals surface area contributed by atoms with Crippen molar-refractivity contribution in [2.45, 2.75) is 25.9 Å². The summed E-state index contributed by atoms with van der Waals surface area (Å²) in [5.41, 5.74) is 2.32. The zero-order chi connectivity index (χ0) is 18.0. The molecular formula is C19H17F2N3O. The fourth-order valence-electron chi connectivity index (χ4n) is 3.12. The Morgan fingerprint density at radius 1 is 1.24 bits per heavy atom. The summed E-state index contributed by atoms with van der Waals surface area (Å²) in [6, 6.07) is 10.3. The van der Waals surface area contributed by atoms with Gasteiger partial charge in [0.2, 0.25) is 5.91 Å². The maximum Gasteiger partial charge on any atom is 0.219 e. The summed E-state index contributed by atoms with van der Waals surface area (Å²) < 4.78 is 27.0. The summed E-state index contributed by atoms with van der Waals surface area (Å²) in [6.45, 7) is 2.34. The van der Waals surface area contributed by atoms with E-state index in [1.54, 1.807) is 11.0 Å². The molecule has 0 aromatic heterocycles. The van der Waals surface area contributed by atoms with Gasteiger partial charge in [0.25, 0.3) is 0 Å². The number of carbonyl (C=O) groups excluding carboxylic acids is 1. The number of anilines is 1. The van der Waals surface area contributed by atoms with Gasteiger partial charge in [0.1, 0.15) is 17.7 Å². The Morgan fingerprint density at radius 3 is 2.68 bits per heavy atom. The van der Waals surface area contributed by atoms with E-state index in [2.05, 4.69) is 5.32 Å². The van der Waals surface area contributed by atoms with Crippen molar-refractivity contribution in [3.63, 3.8) is 0 Å². The van der Waals surface area contributed by atoms with E-state index >= 15 is 0 Å². The van der Waals surface area contributed by atoms with Crippen molar-refractivity contribution in [3.05, 3.63) is 64.7 Å². The molecule has 0 spiro atoms. The predicted molar refractivity (Wildman–Crippen MR) is 89.6 cm³/mol. The number of nitriles is 1. The van der Waals surface area contributed by atoms with Crippen LogP contribution in [0.15, 0.2) is 36.4 Å². The van der Waals surface area contributed by atoms with Crippen LogP contribution in [0.4, 0.5) is 14.5 Å². The number of rotatable bonds is 2. The summed E-state index contributed by atoms with van der Waals surface area (Å²) in [5.74, 6) is -0.911. The number of nitrogens with one attached hydrogen (secondary N) is 1. The first-order valence-electron chi connectivity index (χ1n) is 7.98. The molecule has 0 radical (unpaired) electrons. The highest BCUT2D eigenvalue weighted by atomic mass is 19.1. The molecular weight excluding hydrogens is 324 g/mol. The maximum atomic E-state index is 13.7. The smallest absolute Gasteiger partial charge is 0.219 e. The molecule has 25 heavy (non-hydrogen) atoms. The number of hydrogen-bond acceptors (Lipinski definition) is 3. The van der Waals surface area contributed by atoms with Gasteiger partial charge in [-0.25, -0.2) is 8.78 Å². The molecule has 1 N–H and O–H groups in total. The Morgan fingerprint density at radius 2 is 1.96 bits per heavy atom. The lowest BCUT2D eigenvalue weighted by Gasteiger charge is -2.21. The average Bonchev–Trinajstić information content (AvgIpc) is 2.75. The summed E-state index contributed by atoms with van der Waals surface area (Å²) in [5, 5.41) is 12.5. The monoisotopic (exact) mass is 341 g/mol. The second-order valence-electron chi connectivity index (χ2n) is 6.07. The molecule has 2 aromatic carbocycles. The molecule has 1 heterocycles. The SMILES string of the molecule is CC(=O)N1CCC(Nc2ccc(F)cc2C#N)c2ccc(F)cc2C1. The fourth-order valence-corrected chi connectivity index (χ4v) is 3.12. The highest BCUT2D eigenvalue weighted by Crippen LogP contribution is 2.31. The number of halogens is 2. The maximum absolute atomic E-state index is 13.7. The van der Waals surface area contributed by atoms with Crippen LogP contribution in [-0.4, -0.2) is 17.4 Å². The lowest BCUT2D eigenvalue weighted by molar-refractivity contribution is -0.129. The van der Waals surface area contributed by atoms with E-state index in [-0.39, 0.29) is 23.3 Å². The second kappa shape index (κ2) is 6.89. The third kappa shape index (κ3) is 3.61. The average molecular weight is 341 g/mol. The zero-order valence-electron chi connectivity index (χ0n) is 13.7. The minimum absolute atomic E-state index is 0.0737. The fraction of sp³-hybridized carbons (Fsp3) is 0.263. The summed E-state index contributed by atoms with van der Waals surface area (Å²) in [7, 11) is 0. The van der Waals surface area contributed by atoms with Crippen LogP contribution < -0.4 is 5.32 Å². The van der Waals surface area contributed by atoms with Crippen molar-refractivity contribution in [2.24, 2.45) is 0 Å². The number of amides is 1. The van der Waals surface area contributed by atoms with Crippen molar-refractivity contribution in [1.82, 2.24) is 4.90 Å². The van der Waals surface area contributed by atoms with E-state index in [0.29, 0.717) is 25.2 Å². The van der Waals surface area contributed by atoms with Gasteiger partial charge in [0.15, 0.2) is 0 Å². The van der Waals surface area contributed by atoms with Crippen LogP contribution in [0.2, 0.25) is 0 Å². The van der Waals surface area contributed by atoms with Crippen LogP contribution in [0.5, 0.6) is 0 Å². The molecule has 1 aliphatic rings. The molecule has 2 aromatic rings. The van der Waals surface area contributed by atoms with E-state index in [1.807, 2.05) is 6.07 Å². The van der Waals surface area contributed by atoms with Gasteiger partial charge in [-0.05, 0) is 47.9 Å². The van der Waals surface area contributed by atoms with Gasteiger partial charge >= 0.3 is 0 Å². The zero-order valence-corrected chi connectivity index (χ0v) is 13.7. The van der Waals surface area contributed by atoms with Gasteiger partial charge in [-0.3, -0.25) is 4.79 Å². The standard InChI is InChI=1S/C19H17F2N3O/c1-12(25)24-7-6-19(17-4-2-15(20)9-14(17)11-24)23-18-5-3-16(21)8-13(18)10-22/h2-5,8-9,19,23H,6-7,11H2,1H3. The topological polar surface area (TPSA) is 56.1 Å². The Labute approximate surface area is 144 Å². The van der Waals surface area contributed by atoms with Crippen LogP contribution in [0.3, 0.4) is 0 Å². The Bertz CT molecular complexity index is 860. The Hall–Kier alpha value is -2.94. The second-order valence-corrected chi connectivity index (χ2v) is 6.07. The van der Waals surface area contributed by atoms with Crippen molar-refractivity contribution in [3.8, 4) is 6.07 Å². The van der Waals surface area contributed by atoms with Crippen molar-refractivity contribution in [1.29, 1.82) is 5.26 Å². The normalized spacial score (nSPS) is 16.6.